The molecular weight excluding hydrogens is 458 g/mol. The van der Waals surface area contributed by atoms with E-state index < -0.39 is 40.2 Å². The maximum atomic E-state index is 14.7. The average molecular weight is 477 g/mol. The highest BCUT2D eigenvalue weighted by atomic mass is 32.1. The van der Waals surface area contributed by atoms with Gasteiger partial charge in [-0.2, -0.15) is 23.7 Å². The van der Waals surface area contributed by atoms with Gasteiger partial charge in [-0.3, -0.25) is 9.69 Å². The van der Waals surface area contributed by atoms with Gasteiger partial charge in [0.15, 0.2) is 11.2 Å². The minimum atomic E-state index is -4.84. The van der Waals surface area contributed by atoms with Crippen LogP contribution in [0.2, 0.25) is 0 Å². The van der Waals surface area contributed by atoms with Crippen LogP contribution in [0.1, 0.15) is 43.5 Å². The molecule has 11 heteroatoms. The molecule has 1 atom stereocenters. The average Bonchev–Trinajstić information content (AvgIpc) is 2.92. The summed E-state index contributed by atoms with van der Waals surface area (Å²) in [7, 11) is 0. The smallest absolute Gasteiger partial charge is 0.328 e. The van der Waals surface area contributed by atoms with Crippen molar-refractivity contribution in [3.63, 3.8) is 0 Å². The second-order valence-electron chi connectivity index (χ2n) is 7.94. The number of anilines is 2. The van der Waals surface area contributed by atoms with E-state index in [0.29, 0.717) is 36.6 Å². The highest BCUT2D eigenvalue weighted by Crippen LogP contribution is 2.42. The Morgan fingerprint density at radius 1 is 1.21 bits per heavy atom. The molecule has 2 heterocycles. The summed E-state index contributed by atoms with van der Waals surface area (Å²) in [6.07, 6.45) is -2.68. The van der Waals surface area contributed by atoms with Crippen molar-refractivity contribution in [3.8, 4) is 12.1 Å². The van der Waals surface area contributed by atoms with Crippen LogP contribution in [0.5, 0.6) is 0 Å². The Hall–Kier alpha value is -3.31. The van der Waals surface area contributed by atoms with Gasteiger partial charge in [-0.15, -0.1) is 12.6 Å². The Bertz CT molecular complexity index is 1170. The van der Waals surface area contributed by atoms with E-state index in [1.807, 2.05) is 6.07 Å². The van der Waals surface area contributed by atoms with Gasteiger partial charge in [-0.1, -0.05) is 6.07 Å². The number of nitrogens with zero attached hydrogens (tertiary/aromatic N) is 5. The van der Waals surface area contributed by atoms with Crippen molar-refractivity contribution in [1.82, 2.24) is 4.98 Å². The van der Waals surface area contributed by atoms with Gasteiger partial charge in [-0.05, 0) is 50.5 Å². The normalized spacial score (nSPS) is 17.7. The van der Waals surface area contributed by atoms with E-state index in [0.717, 1.165) is 11.1 Å². The summed E-state index contributed by atoms with van der Waals surface area (Å²) < 4.78 is 54.9. The van der Waals surface area contributed by atoms with Gasteiger partial charge in [0, 0.05) is 12.1 Å². The predicted molar refractivity (Wildman–Crippen MR) is 116 cm³/mol. The van der Waals surface area contributed by atoms with Crippen LogP contribution >= 0.6 is 12.6 Å². The number of hydrogen-bond donors (Lipinski definition) is 1. The number of aromatic nitrogens is 1. The van der Waals surface area contributed by atoms with Gasteiger partial charge in [0.05, 0.1) is 23.5 Å². The molecule has 33 heavy (non-hydrogen) atoms. The van der Waals surface area contributed by atoms with Gasteiger partial charge in [0.1, 0.15) is 17.4 Å². The molecular formula is C22H19F4N5OS. The Labute approximate surface area is 193 Å². The molecule has 1 amide bonds. The van der Waals surface area contributed by atoms with Crippen molar-refractivity contribution >= 4 is 29.9 Å². The minimum Gasteiger partial charge on any atom is -0.328 e. The van der Waals surface area contributed by atoms with E-state index in [2.05, 4.69) is 17.6 Å². The number of aryl methyl sites for hydroxylation is 1. The van der Waals surface area contributed by atoms with E-state index >= 15 is 0 Å². The third-order valence-corrected chi connectivity index (χ3v) is 5.88. The molecule has 172 valence electrons. The number of halogens is 4. The number of alkyl halides is 3. The lowest BCUT2D eigenvalue weighted by atomic mass is 10.0. The van der Waals surface area contributed by atoms with Crippen LogP contribution in [0, 0.1) is 28.5 Å². The molecule has 1 aliphatic rings. The Morgan fingerprint density at radius 3 is 2.48 bits per heavy atom. The van der Waals surface area contributed by atoms with Crippen LogP contribution in [0.4, 0.5) is 28.9 Å². The molecule has 6 nitrogen and oxygen atoms in total. The molecule has 1 aromatic heterocycles. The Morgan fingerprint density at radius 2 is 1.91 bits per heavy atom. The van der Waals surface area contributed by atoms with Crippen molar-refractivity contribution in [1.29, 1.82) is 10.5 Å². The van der Waals surface area contributed by atoms with Crippen molar-refractivity contribution in [2.75, 3.05) is 9.80 Å². The first-order valence-corrected chi connectivity index (χ1v) is 10.4. The van der Waals surface area contributed by atoms with E-state index in [-0.39, 0.29) is 5.69 Å². The van der Waals surface area contributed by atoms with Gasteiger partial charge in [-0.25, -0.2) is 9.37 Å². The number of hydrogen-bond acceptors (Lipinski definition) is 6. The molecule has 1 unspecified atom stereocenters. The van der Waals surface area contributed by atoms with Crippen LogP contribution in [0.3, 0.4) is 0 Å². The maximum absolute atomic E-state index is 14.7. The molecule has 0 aliphatic carbocycles. The number of carbonyl (C=O) groups is 1. The monoisotopic (exact) mass is 477 g/mol. The summed E-state index contributed by atoms with van der Waals surface area (Å²) in [5.74, 6) is -1.09. The standard InChI is InChI=1S/C22H19F4N5OS/c1-21(2)19(32)30(15-9-16(22(24,25)26)18(11-28)29-12-15)20(33)31(21)14-7-6-13(17(23)10-14)5-3-4-8-27/h6-7,9-10,12,20,33H,3-5H2,1-2H3. The molecule has 0 saturated carbocycles. The molecule has 3 rings (SSSR count). The van der Waals surface area contributed by atoms with Crippen molar-refractivity contribution < 1.29 is 22.4 Å². The molecule has 1 aromatic carbocycles. The summed E-state index contributed by atoms with van der Waals surface area (Å²) in [4.78, 5) is 19.3. The van der Waals surface area contributed by atoms with Crippen LogP contribution < -0.4 is 9.80 Å². The molecule has 1 fully saturated rings. The summed E-state index contributed by atoms with van der Waals surface area (Å²) in [6.45, 7) is 3.11. The number of pyridine rings is 1. The first kappa shape index (κ1) is 24.3. The lowest BCUT2D eigenvalue weighted by molar-refractivity contribution is -0.138. The van der Waals surface area contributed by atoms with Crippen LogP contribution in [-0.2, 0) is 17.4 Å². The quantitative estimate of drug-likeness (QED) is 0.380. The van der Waals surface area contributed by atoms with Gasteiger partial charge < -0.3 is 4.90 Å². The lowest BCUT2D eigenvalue weighted by Gasteiger charge is -2.33. The van der Waals surface area contributed by atoms with Crippen molar-refractivity contribution in [2.24, 2.45) is 0 Å². The third kappa shape index (κ3) is 4.46. The molecule has 0 bridgehead atoms. The minimum absolute atomic E-state index is 0.185. The lowest BCUT2D eigenvalue weighted by Crippen LogP contribution is -2.45. The van der Waals surface area contributed by atoms with Gasteiger partial charge in [0.25, 0.3) is 5.91 Å². The summed E-state index contributed by atoms with van der Waals surface area (Å²) >= 11 is 4.46. The van der Waals surface area contributed by atoms with E-state index in [4.69, 9.17) is 10.5 Å². The highest BCUT2D eigenvalue weighted by molar-refractivity contribution is 7.81. The second kappa shape index (κ2) is 8.91. The van der Waals surface area contributed by atoms with E-state index in [1.165, 1.54) is 17.0 Å². The summed E-state index contributed by atoms with van der Waals surface area (Å²) in [6, 6.07) is 8.48. The molecule has 0 radical (unpaired) electrons. The van der Waals surface area contributed by atoms with Gasteiger partial charge in [0.2, 0.25) is 0 Å². The number of amides is 1. The second-order valence-corrected chi connectivity index (χ2v) is 8.40. The summed E-state index contributed by atoms with van der Waals surface area (Å²) in [5.41, 5.74) is -3.86. The molecule has 2 aromatic rings. The fourth-order valence-electron chi connectivity index (χ4n) is 3.75. The number of thiol groups is 1. The number of nitriles is 2. The zero-order chi connectivity index (χ0) is 24.6. The van der Waals surface area contributed by atoms with E-state index in [9.17, 15) is 22.4 Å². The summed E-state index contributed by atoms with van der Waals surface area (Å²) in [5, 5.41) is 17.6. The molecule has 0 spiro atoms. The van der Waals surface area contributed by atoms with Crippen LogP contribution in [0.25, 0.3) is 0 Å². The number of carbonyl (C=O) groups excluding carboxylic acids is 1. The van der Waals surface area contributed by atoms with Crippen molar-refractivity contribution in [2.45, 2.75) is 50.3 Å². The van der Waals surface area contributed by atoms with Crippen LogP contribution in [0.15, 0.2) is 30.5 Å². The topological polar surface area (TPSA) is 84.0 Å². The predicted octanol–water partition coefficient (Wildman–Crippen LogP) is 4.80. The Balaban J connectivity index is 2.01. The molecule has 1 aliphatic heterocycles. The zero-order valence-electron chi connectivity index (χ0n) is 17.7. The van der Waals surface area contributed by atoms with E-state index in [1.54, 1.807) is 26.0 Å². The van der Waals surface area contributed by atoms with Gasteiger partial charge >= 0.3 is 6.18 Å². The fourth-order valence-corrected chi connectivity index (χ4v) is 4.41. The largest absolute Gasteiger partial charge is 0.419 e. The SMILES string of the molecule is CC1(C)C(=O)N(c2cnc(C#N)c(C(F)(F)F)c2)C(S)N1c1ccc(CCCC#N)c(F)c1. The van der Waals surface area contributed by atoms with Crippen molar-refractivity contribution in [3.05, 3.63) is 53.1 Å². The highest BCUT2D eigenvalue weighted by Gasteiger charge is 2.52. The first-order chi connectivity index (χ1) is 15.4. The van der Waals surface area contributed by atoms with Crippen LogP contribution in [-0.4, -0.2) is 21.9 Å². The molecule has 1 saturated heterocycles. The first-order valence-electron chi connectivity index (χ1n) is 9.87. The molecule has 0 N–H and O–H groups in total. The zero-order valence-corrected chi connectivity index (χ0v) is 18.6. The number of unbranched alkanes of at least 4 members (excludes halogenated alkanes) is 1. The fraction of sp³-hybridized carbons (Fsp3) is 0.364. The number of rotatable bonds is 5. The third-order valence-electron chi connectivity index (χ3n) is 5.42. The maximum Gasteiger partial charge on any atom is 0.419 e. The Kier molecular flexibility index (Phi) is 6.57. The number of benzene rings is 1.